The molecule has 1 heterocycles. The molecule has 0 saturated carbocycles. The van der Waals surface area contributed by atoms with Crippen LogP contribution in [0.15, 0.2) is 18.3 Å². The van der Waals surface area contributed by atoms with Gasteiger partial charge in [0.2, 0.25) is 0 Å². The Bertz CT molecular complexity index is 266. The van der Waals surface area contributed by atoms with Crippen LogP contribution < -0.4 is 10.6 Å². The quantitative estimate of drug-likeness (QED) is 0.786. The molecule has 3 nitrogen and oxygen atoms in total. The summed E-state index contributed by atoms with van der Waals surface area (Å²) in [5.74, 6) is 1.01. The molecule has 3 heteroatoms. The van der Waals surface area contributed by atoms with Gasteiger partial charge in [0.25, 0.3) is 0 Å². The third-order valence-corrected chi connectivity index (χ3v) is 2.38. The molecule has 0 unspecified atom stereocenters. The third-order valence-electron chi connectivity index (χ3n) is 2.38. The fourth-order valence-corrected chi connectivity index (χ4v) is 1.20. The van der Waals surface area contributed by atoms with E-state index < -0.39 is 0 Å². The summed E-state index contributed by atoms with van der Waals surface area (Å²) in [5, 5.41) is 0. The second-order valence-corrected chi connectivity index (χ2v) is 3.77. The van der Waals surface area contributed by atoms with Crippen molar-refractivity contribution in [1.82, 2.24) is 4.98 Å². The molecular weight excluding hydrogens is 174 g/mol. The lowest BCUT2D eigenvalue weighted by Gasteiger charge is -2.22. The van der Waals surface area contributed by atoms with Gasteiger partial charge in [-0.1, -0.05) is 6.07 Å². The second kappa shape index (κ2) is 4.96. The van der Waals surface area contributed by atoms with Crippen molar-refractivity contribution < 1.29 is 0 Å². The Labute approximate surface area is 85.9 Å². The predicted molar refractivity (Wildman–Crippen MR) is 60.5 cm³/mol. The molecule has 0 saturated heterocycles. The summed E-state index contributed by atoms with van der Waals surface area (Å²) in [7, 11) is 2.05. The normalized spacial score (nSPS) is 10.6. The van der Waals surface area contributed by atoms with Crippen molar-refractivity contribution in [3.63, 3.8) is 0 Å². The maximum atomic E-state index is 5.47. The summed E-state index contributed by atoms with van der Waals surface area (Å²) >= 11 is 0. The number of aromatic nitrogens is 1. The molecule has 0 amide bonds. The molecule has 0 bridgehead atoms. The first kappa shape index (κ1) is 11.0. The van der Waals surface area contributed by atoms with Gasteiger partial charge in [-0.3, -0.25) is 0 Å². The van der Waals surface area contributed by atoms with E-state index in [1.54, 1.807) is 0 Å². The van der Waals surface area contributed by atoms with E-state index in [0.717, 1.165) is 12.2 Å². The standard InChI is InChI=1S/C11H19N3/c1-9(2)14(3)11-5-4-10(6-7-12)8-13-11/h4-5,8-9H,6-7,12H2,1-3H3. The minimum absolute atomic E-state index is 0.475. The van der Waals surface area contributed by atoms with Crippen LogP contribution in [0.5, 0.6) is 0 Å². The smallest absolute Gasteiger partial charge is 0.128 e. The molecule has 1 aromatic rings. The van der Waals surface area contributed by atoms with Gasteiger partial charge in [-0.05, 0) is 38.4 Å². The van der Waals surface area contributed by atoms with E-state index in [4.69, 9.17) is 5.73 Å². The van der Waals surface area contributed by atoms with Crippen molar-refractivity contribution in [2.45, 2.75) is 26.3 Å². The summed E-state index contributed by atoms with van der Waals surface area (Å²) in [5.41, 5.74) is 6.67. The lowest BCUT2D eigenvalue weighted by molar-refractivity contribution is 0.742. The van der Waals surface area contributed by atoms with Gasteiger partial charge in [-0.25, -0.2) is 4.98 Å². The summed E-state index contributed by atoms with van der Waals surface area (Å²) in [4.78, 5) is 6.53. The Morgan fingerprint density at radius 2 is 2.14 bits per heavy atom. The molecule has 0 fully saturated rings. The molecule has 0 aliphatic carbocycles. The highest BCUT2D eigenvalue weighted by molar-refractivity contribution is 5.39. The number of nitrogens with zero attached hydrogens (tertiary/aromatic N) is 2. The summed E-state index contributed by atoms with van der Waals surface area (Å²) in [6.45, 7) is 4.98. The highest BCUT2D eigenvalue weighted by atomic mass is 15.2. The lowest BCUT2D eigenvalue weighted by atomic mass is 10.2. The van der Waals surface area contributed by atoms with Gasteiger partial charge < -0.3 is 10.6 Å². The molecule has 78 valence electrons. The van der Waals surface area contributed by atoms with E-state index in [2.05, 4.69) is 36.8 Å². The molecule has 0 atom stereocenters. The first-order valence-electron chi connectivity index (χ1n) is 5.03. The molecule has 1 rings (SSSR count). The van der Waals surface area contributed by atoms with E-state index in [1.807, 2.05) is 12.3 Å². The Balaban J connectivity index is 2.72. The minimum atomic E-state index is 0.475. The number of hydrogen-bond donors (Lipinski definition) is 1. The molecule has 1 aromatic heterocycles. The summed E-state index contributed by atoms with van der Waals surface area (Å²) in [6.07, 6.45) is 2.81. The number of anilines is 1. The van der Waals surface area contributed by atoms with Crippen LogP contribution in [0.25, 0.3) is 0 Å². The number of rotatable bonds is 4. The maximum absolute atomic E-state index is 5.47. The molecule has 0 aromatic carbocycles. The van der Waals surface area contributed by atoms with Gasteiger partial charge in [0.15, 0.2) is 0 Å². The summed E-state index contributed by atoms with van der Waals surface area (Å²) in [6, 6.07) is 4.61. The zero-order valence-electron chi connectivity index (χ0n) is 9.20. The van der Waals surface area contributed by atoms with Gasteiger partial charge in [0.1, 0.15) is 5.82 Å². The topological polar surface area (TPSA) is 42.1 Å². The predicted octanol–water partition coefficient (Wildman–Crippen LogP) is 1.43. The van der Waals surface area contributed by atoms with Gasteiger partial charge in [0.05, 0.1) is 0 Å². The highest BCUT2D eigenvalue weighted by Crippen LogP contribution is 2.12. The van der Waals surface area contributed by atoms with Gasteiger partial charge >= 0.3 is 0 Å². The lowest BCUT2D eigenvalue weighted by Crippen LogP contribution is -2.26. The van der Waals surface area contributed by atoms with E-state index in [9.17, 15) is 0 Å². The Morgan fingerprint density at radius 3 is 2.57 bits per heavy atom. The SMILES string of the molecule is CC(C)N(C)c1ccc(CCN)cn1. The summed E-state index contributed by atoms with van der Waals surface area (Å²) < 4.78 is 0. The van der Waals surface area contributed by atoms with E-state index in [-0.39, 0.29) is 0 Å². The van der Waals surface area contributed by atoms with Crippen molar-refractivity contribution in [3.05, 3.63) is 23.9 Å². The molecular formula is C11H19N3. The largest absolute Gasteiger partial charge is 0.357 e. The second-order valence-electron chi connectivity index (χ2n) is 3.77. The van der Waals surface area contributed by atoms with Crippen LogP contribution >= 0.6 is 0 Å². The molecule has 0 aliphatic rings. The van der Waals surface area contributed by atoms with Crippen LogP contribution in [0.3, 0.4) is 0 Å². The van der Waals surface area contributed by atoms with Crippen LogP contribution in [-0.2, 0) is 6.42 Å². The highest BCUT2D eigenvalue weighted by Gasteiger charge is 2.05. The van der Waals surface area contributed by atoms with E-state index in [0.29, 0.717) is 12.6 Å². The van der Waals surface area contributed by atoms with Crippen molar-refractivity contribution >= 4 is 5.82 Å². The first-order valence-corrected chi connectivity index (χ1v) is 5.03. The zero-order chi connectivity index (χ0) is 10.6. The average Bonchev–Trinajstić information content (AvgIpc) is 2.18. The van der Waals surface area contributed by atoms with Crippen LogP contribution in [0.4, 0.5) is 5.82 Å². The molecule has 14 heavy (non-hydrogen) atoms. The first-order chi connectivity index (χ1) is 6.65. The average molecular weight is 193 g/mol. The third kappa shape index (κ3) is 2.70. The van der Waals surface area contributed by atoms with Crippen LogP contribution in [-0.4, -0.2) is 24.6 Å². The van der Waals surface area contributed by atoms with Crippen molar-refractivity contribution in [3.8, 4) is 0 Å². The van der Waals surface area contributed by atoms with Crippen molar-refractivity contribution in [1.29, 1.82) is 0 Å². The Kier molecular flexibility index (Phi) is 3.89. The number of nitrogens with two attached hydrogens (primary N) is 1. The molecule has 0 spiro atoms. The fraction of sp³-hybridized carbons (Fsp3) is 0.545. The van der Waals surface area contributed by atoms with Gasteiger partial charge in [-0.2, -0.15) is 0 Å². The van der Waals surface area contributed by atoms with E-state index in [1.165, 1.54) is 5.56 Å². The van der Waals surface area contributed by atoms with Crippen LogP contribution in [0.2, 0.25) is 0 Å². The minimum Gasteiger partial charge on any atom is -0.357 e. The van der Waals surface area contributed by atoms with Gasteiger partial charge in [0, 0.05) is 19.3 Å². The van der Waals surface area contributed by atoms with Crippen LogP contribution in [0, 0.1) is 0 Å². The molecule has 2 N–H and O–H groups in total. The monoisotopic (exact) mass is 193 g/mol. The Hall–Kier alpha value is -1.09. The van der Waals surface area contributed by atoms with Crippen molar-refractivity contribution in [2.24, 2.45) is 5.73 Å². The maximum Gasteiger partial charge on any atom is 0.128 e. The van der Waals surface area contributed by atoms with Crippen LogP contribution in [0.1, 0.15) is 19.4 Å². The fourth-order valence-electron chi connectivity index (χ4n) is 1.20. The van der Waals surface area contributed by atoms with Crippen molar-refractivity contribution in [2.75, 3.05) is 18.5 Å². The molecule has 0 aliphatic heterocycles. The zero-order valence-corrected chi connectivity index (χ0v) is 9.20. The van der Waals surface area contributed by atoms with E-state index >= 15 is 0 Å². The molecule has 0 radical (unpaired) electrons. The van der Waals surface area contributed by atoms with Gasteiger partial charge in [-0.15, -0.1) is 0 Å². The Morgan fingerprint density at radius 1 is 1.43 bits per heavy atom. The number of pyridine rings is 1. The number of hydrogen-bond acceptors (Lipinski definition) is 3.